The van der Waals surface area contributed by atoms with Crippen molar-refractivity contribution in [2.24, 2.45) is 0 Å². The molecule has 0 aliphatic carbocycles. The van der Waals surface area contributed by atoms with Crippen LogP contribution < -0.4 is 0 Å². The molecule has 0 unspecified atom stereocenters. The minimum atomic E-state index is 0.947. The third-order valence-corrected chi connectivity index (χ3v) is 1.78. The van der Waals surface area contributed by atoms with Crippen LogP contribution in [0, 0.1) is 13.8 Å². The average molecular weight is 147 g/mol. The van der Waals surface area contributed by atoms with Crippen molar-refractivity contribution in [3.05, 3.63) is 23.3 Å². The molecule has 0 fully saturated rings. The van der Waals surface area contributed by atoms with Gasteiger partial charge in [-0.05, 0) is 31.0 Å². The normalized spacial score (nSPS) is 10.7. The second-order valence-corrected chi connectivity index (χ2v) is 2.79. The quantitative estimate of drug-likeness (QED) is 0.614. The molecule has 0 amide bonds. The molecule has 3 nitrogen and oxygen atoms in total. The summed E-state index contributed by atoms with van der Waals surface area (Å²) in [5, 5.41) is 10.5. The van der Waals surface area contributed by atoms with Gasteiger partial charge in [0.15, 0.2) is 0 Å². The summed E-state index contributed by atoms with van der Waals surface area (Å²) in [6, 6.07) is 4.13. The zero-order valence-electron chi connectivity index (χ0n) is 6.55. The average Bonchev–Trinajstić information content (AvgIpc) is 2.34. The van der Waals surface area contributed by atoms with E-state index in [4.69, 9.17) is 0 Å². The number of fused-ring (bicyclic) bond motifs is 1. The van der Waals surface area contributed by atoms with Crippen LogP contribution in [0.3, 0.4) is 0 Å². The zero-order valence-corrected chi connectivity index (χ0v) is 6.55. The second kappa shape index (κ2) is 2.05. The summed E-state index contributed by atoms with van der Waals surface area (Å²) in [6.45, 7) is 4.11. The number of aromatic amines is 1. The molecule has 0 bridgehead atoms. The van der Waals surface area contributed by atoms with Gasteiger partial charge < -0.3 is 0 Å². The summed E-state index contributed by atoms with van der Waals surface area (Å²) < 4.78 is 0. The number of nitrogens with zero attached hydrogens (tertiary/aromatic N) is 2. The monoisotopic (exact) mass is 147 g/mol. The number of nitrogens with one attached hydrogen (secondary N) is 1. The van der Waals surface area contributed by atoms with Crippen molar-refractivity contribution in [3.8, 4) is 0 Å². The van der Waals surface area contributed by atoms with E-state index in [0.29, 0.717) is 0 Å². The van der Waals surface area contributed by atoms with Gasteiger partial charge in [0.2, 0.25) is 0 Å². The van der Waals surface area contributed by atoms with Gasteiger partial charge in [-0.25, -0.2) is 0 Å². The Morgan fingerprint density at radius 3 is 2.91 bits per heavy atom. The van der Waals surface area contributed by atoms with Crippen LogP contribution in [0.4, 0.5) is 0 Å². The molecule has 1 aromatic carbocycles. The van der Waals surface area contributed by atoms with Crippen LogP contribution in [0.25, 0.3) is 11.0 Å². The maximum absolute atomic E-state index is 3.93. The lowest BCUT2D eigenvalue weighted by molar-refractivity contribution is 0.958. The van der Waals surface area contributed by atoms with Crippen LogP contribution in [0.15, 0.2) is 12.1 Å². The summed E-state index contributed by atoms with van der Waals surface area (Å²) in [4.78, 5) is 0. The van der Waals surface area contributed by atoms with E-state index >= 15 is 0 Å². The van der Waals surface area contributed by atoms with E-state index in [2.05, 4.69) is 35.3 Å². The maximum atomic E-state index is 3.93. The molecule has 0 atom stereocenters. The lowest BCUT2D eigenvalue weighted by atomic mass is 10.1. The molecule has 0 radical (unpaired) electrons. The molecule has 56 valence electrons. The topological polar surface area (TPSA) is 41.6 Å². The van der Waals surface area contributed by atoms with Gasteiger partial charge in [0.25, 0.3) is 0 Å². The highest BCUT2D eigenvalue weighted by Crippen LogP contribution is 2.14. The number of hydrogen-bond donors (Lipinski definition) is 1. The third kappa shape index (κ3) is 0.888. The Balaban J connectivity index is 2.91. The molecule has 2 rings (SSSR count). The Bertz CT molecular complexity index is 389. The highest BCUT2D eigenvalue weighted by molar-refractivity contribution is 5.77. The lowest BCUT2D eigenvalue weighted by Crippen LogP contribution is -1.79. The van der Waals surface area contributed by atoms with Crippen molar-refractivity contribution in [2.75, 3.05) is 0 Å². The van der Waals surface area contributed by atoms with Crippen LogP contribution in [0.2, 0.25) is 0 Å². The van der Waals surface area contributed by atoms with E-state index in [1.54, 1.807) is 0 Å². The van der Waals surface area contributed by atoms with E-state index in [9.17, 15) is 0 Å². The SMILES string of the molecule is Cc1cc(C)c2[nH]nnc2c1. The number of aromatic nitrogens is 3. The van der Waals surface area contributed by atoms with Crippen molar-refractivity contribution in [1.29, 1.82) is 0 Å². The number of aryl methyl sites for hydroxylation is 2. The standard InChI is InChI=1S/C8H9N3/c1-5-3-6(2)8-7(4-5)9-11-10-8/h3-4H,1-2H3,(H,9,10,11). The minimum Gasteiger partial charge on any atom is -0.257 e. The van der Waals surface area contributed by atoms with Crippen LogP contribution >= 0.6 is 0 Å². The highest BCUT2D eigenvalue weighted by atomic mass is 15.3. The van der Waals surface area contributed by atoms with Crippen LogP contribution in [0.1, 0.15) is 11.1 Å². The summed E-state index contributed by atoms with van der Waals surface area (Å²) in [7, 11) is 0. The number of H-pyrrole nitrogens is 1. The molecular formula is C8H9N3. The van der Waals surface area contributed by atoms with Crippen LogP contribution in [-0.4, -0.2) is 15.4 Å². The smallest absolute Gasteiger partial charge is 0.113 e. The number of rotatable bonds is 0. The van der Waals surface area contributed by atoms with Gasteiger partial charge in [-0.1, -0.05) is 11.3 Å². The molecule has 0 spiro atoms. The molecule has 0 aliphatic rings. The lowest BCUT2D eigenvalue weighted by Gasteiger charge is -1.95. The van der Waals surface area contributed by atoms with Crippen molar-refractivity contribution >= 4 is 11.0 Å². The van der Waals surface area contributed by atoms with E-state index in [1.807, 2.05) is 6.07 Å². The fourth-order valence-corrected chi connectivity index (χ4v) is 1.30. The molecular weight excluding hydrogens is 138 g/mol. The Morgan fingerprint density at radius 2 is 2.09 bits per heavy atom. The van der Waals surface area contributed by atoms with Crippen LogP contribution in [0.5, 0.6) is 0 Å². The van der Waals surface area contributed by atoms with Gasteiger partial charge in [-0.15, -0.1) is 5.10 Å². The van der Waals surface area contributed by atoms with E-state index < -0.39 is 0 Å². The molecule has 3 heteroatoms. The Labute approximate surface area is 64.4 Å². The summed E-state index contributed by atoms with van der Waals surface area (Å²) in [5.74, 6) is 0. The molecule has 1 heterocycles. The third-order valence-electron chi connectivity index (χ3n) is 1.78. The first kappa shape index (κ1) is 6.34. The Morgan fingerprint density at radius 1 is 1.27 bits per heavy atom. The zero-order chi connectivity index (χ0) is 7.84. The highest BCUT2D eigenvalue weighted by Gasteiger charge is 2.00. The fourth-order valence-electron chi connectivity index (χ4n) is 1.30. The van der Waals surface area contributed by atoms with E-state index in [1.165, 1.54) is 11.1 Å². The largest absolute Gasteiger partial charge is 0.257 e. The molecule has 11 heavy (non-hydrogen) atoms. The van der Waals surface area contributed by atoms with Crippen LogP contribution in [-0.2, 0) is 0 Å². The molecule has 0 aliphatic heterocycles. The molecule has 0 saturated carbocycles. The minimum absolute atomic E-state index is 0.947. The summed E-state index contributed by atoms with van der Waals surface area (Å²) in [6.07, 6.45) is 0. The Hall–Kier alpha value is -1.38. The Kier molecular flexibility index (Phi) is 1.18. The predicted octanol–water partition coefficient (Wildman–Crippen LogP) is 1.57. The van der Waals surface area contributed by atoms with E-state index in [0.717, 1.165) is 11.0 Å². The van der Waals surface area contributed by atoms with Crippen molar-refractivity contribution in [3.63, 3.8) is 0 Å². The van der Waals surface area contributed by atoms with Gasteiger partial charge >= 0.3 is 0 Å². The van der Waals surface area contributed by atoms with Gasteiger partial charge in [0.05, 0.1) is 5.52 Å². The van der Waals surface area contributed by atoms with Gasteiger partial charge in [0, 0.05) is 0 Å². The fraction of sp³-hybridized carbons (Fsp3) is 0.250. The van der Waals surface area contributed by atoms with Gasteiger partial charge in [0.1, 0.15) is 5.52 Å². The summed E-state index contributed by atoms with van der Waals surface area (Å²) >= 11 is 0. The molecule has 1 aromatic heterocycles. The summed E-state index contributed by atoms with van der Waals surface area (Å²) in [5.41, 5.74) is 4.41. The molecule has 1 N–H and O–H groups in total. The predicted molar refractivity (Wildman–Crippen MR) is 43.4 cm³/mol. The number of hydrogen-bond acceptors (Lipinski definition) is 2. The first-order chi connectivity index (χ1) is 5.27. The second-order valence-electron chi connectivity index (χ2n) is 2.79. The van der Waals surface area contributed by atoms with Crippen molar-refractivity contribution in [2.45, 2.75) is 13.8 Å². The van der Waals surface area contributed by atoms with Gasteiger partial charge in [-0.3, -0.25) is 5.10 Å². The first-order valence-corrected chi connectivity index (χ1v) is 3.55. The van der Waals surface area contributed by atoms with Crippen molar-refractivity contribution < 1.29 is 0 Å². The molecule has 2 aromatic rings. The maximum Gasteiger partial charge on any atom is 0.113 e. The van der Waals surface area contributed by atoms with E-state index in [-0.39, 0.29) is 0 Å². The first-order valence-electron chi connectivity index (χ1n) is 3.55. The van der Waals surface area contributed by atoms with Crippen molar-refractivity contribution in [1.82, 2.24) is 15.4 Å². The molecule has 0 saturated heterocycles. The number of benzene rings is 1. The van der Waals surface area contributed by atoms with Gasteiger partial charge in [-0.2, -0.15) is 0 Å².